The second-order valence-electron chi connectivity index (χ2n) is 3.05. The number of primary amides is 1. The Kier molecular flexibility index (Phi) is 4.18. The third-order valence-corrected chi connectivity index (χ3v) is 2.03. The van der Waals surface area contributed by atoms with E-state index in [-0.39, 0.29) is 18.9 Å². The van der Waals surface area contributed by atoms with Gasteiger partial charge in [0.2, 0.25) is 5.91 Å². The van der Waals surface area contributed by atoms with Crippen LogP contribution in [-0.4, -0.2) is 49.7 Å². The number of carbonyl (C=O) groups excluding carboxylic acids is 2. The molecule has 14 heavy (non-hydrogen) atoms. The molecule has 0 bridgehead atoms. The van der Waals surface area contributed by atoms with E-state index in [1.54, 1.807) is 4.90 Å². The van der Waals surface area contributed by atoms with Gasteiger partial charge in [-0.25, -0.2) is 4.79 Å². The molecule has 0 radical (unpaired) electrons. The van der Waals surface area contributed by atoms with Crippen molar-refractivity contribution in [2.24, 2.45) is 5.73 Å². The average molecular weight is 201 g/mol. The molecular formula is C8H15N3O3. The molecule has 0 aliphatic carbocycles. The van der Waals surface area contributed by atoms with Crippen molar-refractivity contribution in [2.45, 2.75) is 6.42 Å². The van der Waals surface area contributed by atoms with Crippen molar-refractivity contribution in [2.75, 3.05) is 32.8 Å². The van der Waals surface area contributed by atoms with Gasteiger partial charge in [-0.3, -0.25) is 4.79 Å². The lowest BCUT2D eigenvalue weighted by atomic mass is 10.3. The van der Waals surface area contributed by atoms with Gasteiger partial charge < -0.3 is 20.7 Å². The maximum Gasteiger partial charge on any atom is 0.404 e. The summed E-state index contributed by atoms with van der Waals surface area (Å²) in [6.07, 6.45) is -0.624. The zero-order valence-corrected chi connectivity index (χ0v) is 7.99. The molecule has 1 heterocycles. The molecule has 80 valence electrons. The largest absolute Gasteiger partial charge is 0.449 e. The number of amides is 2. The maximum absolute atomic E-state index is 11.4. The van der Waals surface area contributed by atoms with Crippen molar-refractivity contribution >= 4 is 12.0 Å². The molecule has 0 aromatic rings. The molecule has 0 unspecified atom stereocenters. The predicted octanol–water partition coefficient (Wildman–Crippen LogP) is -1.10. The maximum atomic E-state index is 11.4. The van der Waals surface area contributed by atoms with E-state index in [1.807, 2.05) is 0 Å². The summed E-state index contributed by atoms with van der Waals surface area (Å²) >= 11 is 0. The third-order valence-electron chi connectivity index (χ3n) is 2.03. The summed E-state index contributed by atoms with van der Waals surface area (Å²) in [4.78, 5) is 23.4. The lowest BCUT2D eigenvalue weighted by Crippen LogP contribution is -2.46. The van der Waals surface area contributed by atoms with Gasteiger partial charge in [0.25, 0.3) is 0 Å². The van der Waals surface area contributed by atoms with Crippen LogP contribution in [0.15, 0.2) is 0 Å². The molecule has 0 saturated carbocycles. The van der Waals surface area contributed by atoms with E-state index in [1.165, 1.54) is 0 Å². The van der Waals surface area contributed by atoms with Gasteiger partial charge in [-0.15, -0.1) is 0 Å². The monoisotopic (exact) mass is 201 g/mol. The Morgan fingerprint density at radius 2 is 2.00 bits per heavy atom. The highest BCUT2D eigenvalue weighted by molar-refractivity contribution is 5.76. The molecule has 6 nitrogen and oxygen atoms in total. The van der Waals surface area contributed by atoms with Crippen LogP contribution in [0.3, 0.4) is 0 Å². The topological polar surface area (TPSA) is 84.7 Å². The highest BCUT2D eigenvalue weighted by Gasteiger charge is 2.15. The molecule has 0 aromatic carbocycles. The molecule has 2 amide bonds. The third kappa shape index (κ3) is 3.61. The molecular weight excluding hydrogens is 186 g/mol. The van der Waals surface area contributed by atoms with Crippen molar-refractivity contribution in [1.29, 1.82) is 0 Å². The highest BCUT2D eigenvalue weighted by Crippen LogP contribution is 1.97. The van der Waals surface area contributed by atoms with E-state index in [9.17, 15) is 9.59 Å². The molecule has 1 saturated heterocycles. The number of nitrogens with one attached hydrogen (secondary N) is 1. The van der Waals surface area contributed by atoms with Gasteiger partial charge in [-0.2, -0.15) is 0 Å². The zero-order chi connectivity index (χ0) is 10.4. The highest BCUT2D eigenvalue weighted by atomic mass is 16.5. The molecule has 0 aromatic heterocycles. The minimum atomic E-state index is -0.835. The number of hydrogen-bond donors (Lipinski definition) is 2. The second kappa shape index (κ2) is 5.43. The van der Waals surface area contributed by atoms with E-state index in [2.05, 4.69) is 10.1 Å². The summed E-state index contributed by atoms with van der Waals surface area (Å²) in [6, 6.07) is 0. The molecule has 6 heteroatoms. The van der Waals surface area contributed by atoms with Gasteiger partial charge in [0.05, 0.1) is 6.42 Å². The van der Waals surface area contributed by atoms with E-state index in [0.29, 0.717) is 0 Å². The van der Waals surface area contributed by atoms with Crippen LogP contribution in [0.2, 0.25) is 0 Å². The summed E-state index contributed by atoms with van der Waals surface area (Å²) in [5.41, 5.74) is 4.76. The number of hydrogen-bond acceptors (Lipinski definition) is 4. The first-order valence-electron chi connectivity index (χ1n) is 4.61. The zero-order valence-electron chi connectivity index (χ0n) is 7.99. The van der Waals surface area contributed by atoms with Crippen molar-refractivity contribution in [3.8, 4) is 0 Å². The fourth-order valence-electron chi connectivity index (χ4n) is 1.31. The van der Waals surface area contributed by atoms with Gasteiger partial charge in [0.1, 0.15) is 6.61 Å². The molecule has 1 aliphatic heterocycles. The SMILES string of the molecule is NC(=O)OCCC(=O)N1CCNCC1. The molecule has 1 rings (SSSR count). The van der Waals surface area contributed by atoms with E-state index >= 15 is 0 Å². The van der Waals surface area contributed by atoms with Crippen LogP contribution < -0.4 is 11.1 Å². The average Bonchev–Trinajstić information content (AvgIpc) is 2.18. The predicted molar refractivity (Wildman–Crippen MR) is 49.6 cm³/mol. The van der Waals surface area contributed by atoms with Crippen LogP contribution in [0.1, 0.15) is 6.42 Å². The smallest absolute Gasteiger partial charge is 0.404 e. The van der Waals surface area contributed by atoms with Crippen molar-refractivity contribution in [1.82, 2.24) is 10.2 Å². The van der Waals surface area contributed by atoms with Crippen molar-refractivity contribution < 1.29 is 14.3 Å². The van der Waals surface area contributed by atoms with Crippen molar-refractivity contribution in [3.05, 3.63) is 0 Å². The Morgan fingerprint density at radius 1 is 1.36 bits per heavy atom. The van der Waals surface area contributed by atoms with E-state index < -0.39 is 6.09 Å². The Hall–Kier alpha value is -1.30. The molecule has 0 spiro atoms. The van der Waals surface area contributed by atoms with Crippen molar-refractivity contribution in [3.63, 3.8) is 0 Å². The van der Waals surface area contributed by atoms with Crippen LogP contribution >= 0.6 is 0 Å². The number of nitrogens with zero attached hydrogens (tertiary/aromatic N) is 1. The first-order chi connectivity index (χ1) is 6.70. The number of piperazine rings is 1. The first kappa shape index (κ1) is 10.8. The van der Waals surface area contributed by atoms with Gasteiger partial charge in [0, 0.05) is 26.2 Å². The second-order valence-corrected chi connectivity index (χ2v) is 3.05. The fourth-order valence-corrected chi connectivity index (χ4v) is 1.31. The Labute approximate surface area is 82.4 Å². The van der Waals surface area contributed by atoms with E-state index in [0.717, 1.165) is 26.2 Å². The van der Waals surface area contributed by atoms with Crippen LogP contribution in [0, 0.1) is 0 Å². The summed E-state index contributed by atoms with van der Waals surface area (Å²) in [5, 5.41) is 3.14. The summed E-state index contributed by atoms with van der Waals surface area (Å²) < 4.78 is 4.48. The Bertz CT molecular complexity index is 214. The van der Waals surface area contributed by atoms with Crippen LogP contribution in [0.5, 0.6) is 0 Å². The Morgan fingerprint density at radius 3 is 2.57 bits per heavy atom. The van der Waals surface area contributed by atoms with Gasteiger partial charge >= 0.3 is 6.09 Å². The van der Waals surface area contributed by atoms with E-state index in [4.69, 9.17) is 5.73 Å². The van der Waals surface area contributed by atoms with Crippen LogP contribution in [-0.2, 0) is 9.53 Å². The minimum Gasteiger partial charge on any atom is -0.449 e. The van der Waals surface area contributed by atoms with Gasteiger partial charge in [-0.05, 0) is 0 Å². The molecule has 0 atom stereocenters. The molecule has 1 aliphatic rings. The number of nitrogens with two attached hydrogens (primary N) is 1. The lowest BCUT2D eigenvalue weighted by Gasteiger charge is -2.27. The summed E-state index contributed by atoms with van der Waals surface area (Å²) in [6.45, 7) is 3.15. The summed E-state index contributed by atoms with van der Waals surface area (Å²) in [5.74, 6) is 0.00718. The first-order valence-corrected chi connectivity index (χ1v) is 4.61. The molecule has 3 N–H and O–H groups in total. The fraction of sp³-hybridized carbons (Fsp3) is 0.750. The normalized spacial score (nSPS) is 16.4. The Balaban J connectivity index is 2.16. The van der Waals surface area contributed by atoms with Gasteiger partial charge in [-0.1, -0.05) is 0 Å². The molecule has 1 fully saturated rings. The lowest BCUT2D eigenvalue weighted by molar-refractivity contribution is -0.132. The quantitative estimate of drug-likeness (QED) is 0.607. The van der Waals surface area contributed by atoms with Crippen LogP contribution in [0.25, 0.3) is 0 Å². The number of rotatable bonds is 3. The number of ether oxygens (including phenoxy) is 1. The number of carbonyl (C=O) groups is 2. The minimum absolute atomic E-state index is 0.00718. The van der Waals surface area contributed by atoms with Crippen LogP contribution in [0.4, 0.5) is 4.79 Å². The summed E-state index contributed by atoms with van der Waals surface area (Å²) in [7, 11) is 0. The van der Waals surface area contributed by atoms with Gasteiger partial charge in [0.15, 0.2) is 0 Å². The standard InChI is InChI=1S/C8H15N3O3/c9-8(13)14-6-1-7(12)11-4-2-10-3-5-11/h10H,1-6H2,(H2,9,13).